The SMILES string of the molecule is Cn1nnnc1CC(=O)Nc1ccccc1C(F)(F)F. The first-order valence-corrected chi connectivity index (χ1v) is 5.55. The minimum atomic E-state index is -4.53. The summed E-state index contributed by atoms with van der Waals surface area (Å²) in [5, 5.41) is 12.7. The number of nitrogens with zero attached hydrogens (tertiary/aromatic N) is 4. The molecule has 1 aromatic carbocycles. The summed E-state index contributed by atoms with van der Waals surface area (Å²) in [5.41, 5.74) is -1.19. The molecule has 0 bridgehead atoms. The zero-order chi connectivity index (χ0) is 14.8. The molecule has 0 aliphatic carbocycles. The lowest BCUT2D eigenvalue weighted by Gasteiger charge is -2.13. The van der Waals surface area contributed by atoms with Gasteiger partial charge in [-0.3, -0.25) is 4.79 Å². The summed E-state index contributed by atoms with van der Waals surface area (Å²) >= 11 is 0. The highest BCUT2D eigenvalue weighted by molar-refractivity contribution is 5.92. The van der Waals surface area contributed by atoms with E-state index in [1.165, 1.54) is 29.9 Å². The normalized spacial score (nSPS) is 11.4. The van der Waals surface area contributed by atoms with E-state index >= 15 is 0 Å². The smallest absolute Gasteiger partial charge is 0.325 e. The van der Waals surface area contributed by atoms with Gasteiger partial charge < -0.3 is 5.32 Å². The molecule has 0 fully saturated rings. The molecule has 20 heavy (non-hydrogen) atoms. The van der Waals surface area contributed by atoms with Gasteiger partial charge in [0.05, 0.1) is 17.7 Å². The summed E-state index contributed by atoms with van der Waals surface area (Å²) < 4.78 is 39.5. The van der Waals surface area contributed by atoms with E-state index in [1.807, 2.05) is 0 Å². The van der Waals surface area contributed by atoms with Gasteiger partial charge in [0.25, 0.3) is 0 Å². The summed E-state index contributed by atoms with van der Waals surface area (Å²) in [7, 11) is 1.53. The van der Waals surface area contributed by atoms with Gasteiger partial charge in [-0.1, -0.05) is 12.1 Å². The number of benzene rings is 1. The van der Waals surface area contributed by atoms with Crippen molar-refractivity contribution in [2.75, 3.05) is 5.32 Å². The maximum absolute atomic E-state index is 12.8. The molecule has 1 heterocycles. The van der Waals surface area contributed by atoms with Gasteiger partial charge >= 0.3 is 6.18 Å². The quantitative estimate of drug-likeness (QED) is 0.925. The molecular formula is C11H10F3N5O. The average molecular weight is 285 g/mol. The standard InChI is InChI=1S/C11H10F3N5O/c1-19-9(16-17-18-19)6-10(20)15-8-5-3-2-4-7(8)11(12,13)14/h2-5H,6H2,1H3,(H,15,20). The van der Waals surface area contributed by atoms with Crippen molar-refractivity contribution in [3.63, 3.8) is 0 Å². The fraction of sp³-hybridized carbons (Fsp3) is 0.273. The van der Waals surface area contributed by atoms with Crippen LogP contribution in [0.1, 0.15) is 11.4 Å². The van der Waals surface area contributed by atoms with E-state index in [9.17, 15) is 18.0 Å². The molecule has 2 aromatic rings. The summed E-state index contributed by atoms with van der Waals surface area (Å²) in [4.78, 5) is 11.7. The van der Waals surface area contributed by atoms with E-state index in [0.717, 1.165) is 6.07 Å². The summed E-state index contributed by atoms with van der Waals surface area (Å²) in [6.07, 6.45) is -4.74. The molecule has 6 nitrogen and oxygen atoms in total. The second-order valence-corrected chi connectivity index (χ2v) is 3.99. The van der Waals surface area contributed by atoms with Crippen LogP contribution in [0.4, 0.5) is 18.9 Å². The Morgan fingerprint density at radius 1 is 1.35 bits per heavy atom. The van der Waals surface area contributed by atoms with Crippen molar-refractivity contribution in [2.45, 2.75) is 12.6 Å². The van der Waals surface area contributed by atoms with Gasteiger partial charge in [-0.25, -0.2) is 4.68 Å². The molecule has 9 heteroatoms. The number of hydrogen-bond donors (Lipinski definition) is 1. The molecule has 0 aliphatic heterocycles. The average Bonchev–Trinajstić information content (AvgIpc) is 2.74. The molecule has 1 N–H and O–H groups in total. The molecule has 1 aromatic heterocycles. The molecule has 0 saturated heterocycles. The lowest BCUT2D eigenvalue weighted by atomic mass is 10.1. The second kappa shape index (κ2) is 5.27. The number of carbonyl (C=O) groups is 1. The van der Waals surface area contributed by atoms with Crippen LogP contribution in [0.5, 0.6) is 0 Å². The minimum absolute atomic E-state index is 0.213. The summed E-state index contributed by atoms with van der Waals surface area (Å²) in [5.74, 6) is -0.369. The van der Waals surface area contributed by atoms with Crippen LogP contribution in [0.3, 0.4) is 0 Å². The van der Waals surface area contributed by atoms with Crippen LogP contribution < -0.4 is 5.32 Å². The van der Waals surface area contributed by atoms with Crippen LogP contribution in [0.15, 0.2) is 24.3 Å². The third-order valence-corrected chi connectivity index (χ3v) is 2.53. The van der Waals surface area contributed by atoms with Crippen molar-refractivity contribution in [1.82, 2.24) is 20.2 Å². The van der Waals surface area contributed by atoms with Crippen LogP contribution in [0.25, 0.3) is 0 Å². The minimum Gasteiger partial charge on any atom is -0.325 e. The molecule has 0 aliphatic rings. The number of halogens is 3. The first-order chi connectivity index (χ1) is 9.38. The van der Waals surface area contributed by atoms with E-state index in [4.69, 9.17) is 0 Å². The zero-order valence-electron chi connectivity index (χ0n) is 10.3. The monoisotopic (exact) mass is 285 g/mol. The number of carbonyl (C=O) groups excluding carboxylic acids is 1. The number of para-hydroxylation sites is 1. The van der Waals surface area contributed by atoms with Crippen LogP contribution >= 0.6 is 0 Å². The van der Waals surface area contributed by atoms with Gasteiger partial charge in [0, 0.05) is 7.05 Å². The fourth-order valence-electron chi connectivity index (χ4n) is 1.58. The topological polar surface area (TPSA) is 72.7 Å². The van der Waals surface area contributed by atoms with Crippen molar-refractivity contribution < 1.29 is 18.0 Å². The Balaban J connectivity index is 2.15. The van der Waals surface area contributed by atoms with Crippen molar-refractivity contribution >= 4 is 11.6 Å². The molecular weight excluding hydrogens is 275 g/mol. The van der Waals surface area contributed by atoms with Gasteiger partial charge in [-0.05, 0) is 22.6 Å². The number of hydrogen-bond acceptors (Lipinski definition) is 4. The maximum Gasteiger partial charge on any atom is 0.418 e. The Labute approximate surface area is 111 Å². The lowest BCUT2D eigenvalue weighted by Crippen LogP contribution is -2.19. The molecule has 106 valence electrons. The summed E-state index contributed by atoms with van der Waals surface area (Å²) in [6.45, 7) is 0. The Morgan fingerprint density at radius 2 is 2.05 bits per heavy atom. The molecule has 0 atom stereocenters. The predicted octanol–water partition coefficient (Wildman–Crippen LogP) is 1.41. The molecule has 0 unspecified atom stereocenters. The first-order valence-electron chi connectivity index (χ1n) is 5.55. The van der Waals surface area contributed by atoms with Crippen molar-refractivity contribution in [2.24, 2.45) is 7.05 Å². The summed E-state index contributed by atoms with van der Waals surface area (Å²) in [6, 6.07) is 4.76. The van der Waals surface area contributed by atoms with Crippen LogP contribution in [-0.4, -0.2) is 26.1 Å². The largest absolute Gasteiger partial charge is 0.418 e. The highest BCUT2D eigenvalue weighted by atomic mass is 19.4. The third-order valence-electron chi connectivity index (χ3n) is 2.53. The van der Waals surface area contributed by atoms with E-state index in [2.05, 4.69) is 20.8 Å². The molecule has 0 radical (unpaired) electrons. The number of aromatic nitrogens is 4. The Bertz CT molecular complexity index is 623. The van der Waals surface area contributed by atoms with E-state index in [-0.39, 0.29) is 17.9 Å². The van der Waals surface area contributed by atoms with Crippen LogP contribution in [0, 0.1) is 0 Å². The van der Waals surface area contributed by atoms with Gasteiger partial charge in [-0.15, -0.1) is 5.10 Å². The van der Waals surface area contributed by atoms with E-state index < -0.39 is 17.6 Å². The number of rotatable bonds is 3. The second-order valence-electron chi connectivity index (χ2n) is 3.99. The van der Waals surface area contributed by atoms with Gasteiger partial charge in [0.2, 0.25) is 5.91 Å². The fourth-order valence-corrected chi connectivity index (χ4v) is 1.58. The number of aryl methyl sites for hydroxylation is 1. The maximum atomic E-state index is 12.8. The van der Waals surface area contributed by atoms with Gasteiger partial charge in [-0.2, -0.15) is 13.2 Å². The Hall–Kier alpha value is -2.45. The highest BCUT2D eigenvalue weighted by Gasteiger charge is 2.33. The van der Waals surface area contributed by atoms with Gasteiger partial charge in [0.1, 0.15) is 0 Å². The van der Waals surface area contributed by atoms with Crippen molar-refractivity contribution in [1.29, 1.82) is 0 Å². The highest BCUT2D eigenvalue weighted by Crippen LogP contribution is 2.34. The van der Waals surface area contributed by atoms with Crippen molar-refractivity contribution in [3.8, 4) is 0 Å². The van der Waals surface area contributed by atoms with Crippen LogP contribution in [-0.2, 0) is 24.4 Å². The number of nitrogens with one attached hydrogen (secondary N) is 1. The Kier molecular flexibility index (Phi) is 3.68. The number of alkyl halides is 3. The molecule has 0 spiro atoms. The molecule has 0 saturated carbocycles. The lowest BCUT2D eigenvalue weighted by molar-refractivity contribution is -0.137. The zero-order valence-corrected chi connectivity index (χ0v) is 10.3. The number of amides is 1. The van der Waals surface area contributed by atoms with Crippen molar-refractivity contribution in [3.05, 3.63) is 35.7 Å². The predicted molar refractivity (Wildman–Crippen MR) is 62.6 cm³/mol. The van der Waals surface area contributed by atoms with Gasteiger partial charge in [0.15, 0.2) is 5.82 Å². The molecule has 1 amide bonds. The van der Waals surface area contributed by atoms with E-state index in [0.29, 0.717) is 0 Å². The number of tetrazole rings is 1. The third kappa shape index (κ3) is 3.11. The van der Waals surface area contributed by atoms with E-state index in [1.54, 1.807) is 0 Å². The van der Waals surface area contributed by atoms with Crippen LogP contribution in [0.2, 0.25) is 0 Å². The molecule has 2 rings (SSSR count). The number of anilines is 1. The Morgan fingerprint density at radius 3 is 2.65 bits per heavy atom. The first kappa shape index (κ1) is 14.0.